The Labute approximate surface area is 218 Å². The van der Waals surface area contributed by atoms with Crippen LogP contribution in [0.2, 0.25) is 0 Å². The predicted octanol–water partition coefficient (Wildman–Crippen LogP) is 4.75. The molecule has 0 spiro atoms. The minimum Gasteiger partial charge on any atom is -0.396 e. The molecular weight excluding hydrogens is 522 g/mol. The molecule has 2 N–H and O–H groups in total. The number of alkyl halides is 3. The van der Waals surface area contributed by atoms with Gasteiger partial charge in [-0.1, -0.05) is 24.3 Å². The maximum atomic E-state index is 13.8. The van der Waals surface area contributed by atoms with E-state index in [-0.39, 0.29) is 25.6 Å². The topological polar surface area (TPSA) is 92.4 Å². The minimum absolute atomic E-state index is 0.148. The number of fused-ring (bicyclic) bond motifs is 1. The highest BCUT2D eigenvalue weighted by Gasteiger charge is 2.51. The number of nitrogens with zero attached hydrogens (tertiary/aromatic N) is 4. The number of halogens is 4. The Morgan fingerprint density at radius 3 is 2.34 bits per heavy atom. The molecule has 7 nitrogen and oxygen atoms in total. The van der Waals surface area contributed by atoms with Crippen molar-refractivity contribution < 1.29 is 26.0 Å². The van der Waals surface area contributed by atoms with Gasteiger partial charge in [0.25, 0.3) is 0 Å². The van der Waals surface area contributed by atoms with Crippen molar-refractivity contribution in [1.82, 2.24) is 14.3 Å². The Morgan fingerprint density at radius 1 is 1.03 bits per heavy atom. The summed E-state index contributed by atoms with van der Waals surface area (Å²) >= 11 is 0. The SMILES string of the molecule is Nc1cnc(CN2c3cccc(C4CC4)c3CN(S(=O)(=O)C(F)(F)F)CC2CCc2ccc(F)cc2)nc1. The van der Waals surface area contributed by atoms with Gasteiger partial charge in [-0.3, -0.25) is 0 Å². The molecule has 1 aliphatic heterocycles. The van der Waals surface area contributed by atoms with Crippen LogP contribution in [0.4, 0.5) is 28.9 Å². The first-order chi connectivity index (χ1) is 18.0. The van der Waals surface area contributed by atoms with E-state index in [0.717, 1.165) is 24.0 Å². The van der Waals surface area contributed by atoms with Crippen molar-refractivity contribution in [3.8, 4) is 0 Å². The summed E-state index contributed by atoms with van der Waals surface area (Å²) in [5, 5.41) is 0. The highest BCUT2D eigenvalue weighted by atomic mass is 32.2. The maximum Gasteiger partial charge on any atom is 0.511 e. The smallest absolute Gasteiger partial charge is 0.396 e. The molecule has 0 radical (unpaired) electrons. The van der Waals surface area contributed by atoms with E-state index < -0.39 is 27.4 Å². The first-order valence-electron chi connectivity index (χ1n) is 12.3. The monoisotopic (exact) mass is 549 g/mol. The van der Waals surface area contributed by atoms with Crippen molar-refractivity contribution in [3.05, 3.63) is 83.2 Å². The van der Waals surface area contributed by atoms with Crippen LogP contribution in [0.5, 0.6) is 0 Å². The van der Waals surface area contributed by atoms with Crippen molar-refractivity contribution in [2.45, 2.75) is 56.2 Å². The fraction of sp³-hybridized carbons (Fsp3) is 0.385. The number of benzene rings is 2. The molecule has 1 atom stereocenters. The average molecular weight is 550 g/mol. The van der Waals surface area contributed by atoms with Crippen molar-refractivity contribution in [2.75, 3.05) is 17.2 Å². The molecule has 202 valence electrons. The van der Waals surface area contributed by atoms with Crippen LogP contribution in [0.3, 0.4) is 0 Å². The van der Waals surface area contributed by atoms with Gasteiger partial charge >= 0.3 is 15.5 Å². The van der Waals surface area contributed by atoms with E-state index in [4.69, 9.17) is 5.73 Å². The Balaban J connectivity index is 1.59. The molecular formula is C26H27F4N5O2S. The van der Waals surface area contributed by atoms with Crippen LogP contribution >= 0.6 is 0 Å². The van der Waals surface area contributed by atoms with Crippen LogP contribution in [0, 0.1) is 5.82 Å². The second-order valence-electron chi connectivity index (χ2n) is 9.74. The molecule has 5 rings (SSSR count). The molecule has 0 bridgehead atoms. The van der Waals surface area contributed by atoms with E-state index in [1.807, 2.05) is 23.1 Å². The third-order valence-corrected chi connectivity index (χ3v) is 8.60. The number of aryl methyl sites for hydroxylation is 1. The Morgan fingerprint density at radius 2 is 1.71 bits per heavy atom. The highest BCUT2D eigenvalue weighted by Crippen LogP contribution is 2.46. The van der Waals surface area contributed by atoms with Gasteiger partial charge in [0.05, 0.1) is 24.6 Å². The van der Waals surface area contributed by atoms with E-state index in [2.05, 4.69) is 9.97 Å². The van der Waals surface area contributed by atoms with Gasteiger partial charge in [-0.05, 0) is 66.5 Å². The summed E-state index contributed by atoms with van der Waals surface area (Å²) in [7, 11) is -5.60. The van der Waals surface area contributed by atoms with Crippen LogP contribution in [0.15, 0.2) is 54.9 Å². The zero-order valence-electron chi connectivity index (χ0n) is 20.4. The zero-order valence-corrected chi connectivity index (χ0v) is 21.2. The molecule has 12 heteroatoms. The summed E-state index contributed by atoms with van der Waals surface area (Å²) in [6.45, 7) is -0.609. The summed E-state index contributed by atoms with van der Waals surface area (Å²) < 4.78 is 80.8. The minimum atomic E-state index is -5.60. The lowest BCUT2D eigenvalue weighted by molar-refractivity contribution is -0.0492. The summed E-state index contributed by atoms with van der Waals surface area (Å²) in [6, 6.07) is 10.8. The number of nitrogens with two attached hydrogens (primary N) is 1. The molecule has 0 amide bonds. The summed E-state index contributed by atoms with van der Waals surface area (Å²) in [6.07, 6.45) is 5.43. The molecule has 38 heavy (non-hydrogen) atoms. The molecule has 1 fully saturated rings. The number of rotatable bonds is 7. The standard InChI is InChI=1S/C26H27F4N5O2S/c27-19-9-4-17(5-10-19)6-11-21-14-34(38(36,37)26(28,29)30)15-23-22(18-7-8-18)2-1-3-24(23)35(21)16-25-32-12-20(31)13-33-25/h1-5,9-10,12-13,18,21H,6-8,11,14-16,31H2. The lowest BCUT2D eigenvalue weighted by Gasteiger charge is -2.34. The van der Waals surface area contributed by atoms with Gasteiger partial charge in [0, 0.05) is 24.8 Å². The van der Waals surface area contributed by atoms with E-state index in [1.165, 1.54) is 24.5 Å². The lowest BCUT2D eigenvalue weighted by atomic mass is 9.99. The Bertz CT molecular complexity index is 1390. The van der Waals surface area contributed by atoms with Crippen LogP contribution in [0.1, 0.15) is 47.7 Å². The maximum absolute atomic E-state index is 13.8. The largest absolute Gasteiger partial charge is 0.511 e. The Hall–Kier alpha value is -3.25. The molecule has 1 saturated carbocycles. The van der Waals surface area contributed by atoms with Gasteiger partial charge in [-0.15, -0.1) is 0 Å². The third-order valence-electron chi connectivity index (χ3n) is 7.05. The molecule has 0 saturated heterocycles. The fourth-order valence-corrected chi connectivity index (χ4v) is 5.92. The van der Waals surface area contributed by atoms with Gasteiger partial charge in [0.2, 0.25) is 0 Å². The number of anilines is 2. The van der Waals surface area contributed by atoms with Gasteiger partial charge in [0.1, 0.15) is 11.6 Å². The van der Waals surface area contributed by atoms with Crippen LogP contribution in [-0.4, -0.2) is 40.8 Å². The van der Waals surface area contributed by atoms with Crippen LogP contribution in [0.25, 0.3) is 0 Å². The van der Waals surface area contributed by atoms with E-state index >= 15 is 0 Å². The second kappa shape index (κ2) is 10.1. The molecule has 1 aromatic heterocycles. The van der Waals surface area contributed by atoms with Crippen molar-refractivity contribution in [3.63, 3.8) is 0 Å². The van der Waals surface area contributed by atoms with Crippen molar-refractivity contribution >= 4 is 21.4 Å². The van der Waals surface area contributed by atoms with Gasteiger partial charge in [-0.2, -0.15) is 17.5 Å². The van der Waals surface area contributed by atoms with Gasteiger partial charge in [0.15, 0.2) is 0 Å². The fourth-order valence-electron chi connectivity index (χ4n) is 4.96. The molecule has 1 unspecified atom stereocenters. The van der Waals surface area contributed by atoms with Gasteiger partial charge < -0.3 is 10.6 Å². The first-order valence-corrected chi connectivity index (χ1v) is 13.7. The average Bonchev–Trinajstić information content (AvgIpc) is 3.72. The second-order valence-corrected chi connectivity index (χ2v) is 11.7. The summed E-state index contributed by atoms with van der Waals surface area (Å²) in [5.41, 5.74) is 3.57. The highest BCUT2D eigenvalue weighted by molar-refractivity contribution is 7.89. The molecule has 2 aliphatic rings. The molecule has 1 aliphatic carbocycles. The first kappa shape index (κ1) is 26.4. The van der Waals surface area contributed by atoms with Crippen LogP contribution < -0.4 is 10.6 Å². The predicted molar refractivity (Wildman–Crippen MR) is 135 cm³/mol. The zero-order chi connectivity index (χ0) is 27.1. The summed E-state index contributed by atoms with van der Waals surface area (Å²) in [4.78, 5) is 10.5. The van der Waals surface area contributed by atoms with E-state index in [1.54, 1.807) is 12.1 Å². The lowest BCUT2D eigenvalue weighted by Crippen LogP contribution is -2.47. The number of hydrogen-bond donors (Lipinski definition) is 1. The molecule has 2 aromatic carbocycles. The quantitative estimate of drug-likeness (QED) is 0.428. The molecule has 2 heterocycles. The van der Waals surface area contributed by atoms with Gasteiger partial charge in [-0.25, -0.2) is 22.8 Å². The number of aromatic nitrogens is 2. The van der Waals surface area contributed by atoms with E-state index in [9.17, 15) is 26.0 Å². The third kappa shape index (κ3) is 5.46. The summed E-state index contributed by atoms with van der Waals surface area (Å²) in [5.74, 6) is 0.195. The van der Waals surface area contributed by atoms with Crippen molar-refractivity contribution in [2.24, 2.45) is 0 Å². The number of hydrogen-bond acceptors (Lipinski definition) is 6. The number of nitrogen functional groups attached to an aromatic ring is 1. The van der Waals surface area contributed by atoms with Crippen LogP contribution in [-0.2, 0) is 29.5 Å². The van der Waals surface area contributed by atoms with Crippen molar-refractivity contribution in [1.29, 1.82) is 0 Å². The number of sulfonamides is 1. The van der Waals surface area contributed by atoms with E-state index in [0.29, 0.717) is 39.9 Å². The molecule has 3 aromatic rings. The normalized spacial score (nSPS) is 18.7. The Kier molecular flexibility index (Phi) is 7.03.